The first-order valence-electron chi connectivity index (χ1n) is 6.76. The van der Waals surface area contributed by atoms with Crippen molar-refractivity contribution in [1.82, 2.24) is 9.78 Å². The number of nitrogens with one attached hydrogen (secondary N) is 1. The number of esters is 1. The van der Waals surface area contributed by atoms with Gasteiger partial charge in [-0.25, -0.2) is 0 Å². The van der Waals surface area contributed by atoms with Crippen molar-refractivity contribution < 1.29 is 19.1 Å². The zero-order valence-electron chi connectivity index (χ0n) is 11.5. The summed E-state index contributed by atoms with van der Waals surface area (Å²) in [6, 6.07) is 0.236. The molecule has 1 atom stereocenters. The van der Waals surface area contributed by atoms with Crippen LogP contribution in [0.1, 0.15) is 32.2 Å². The van der Waals surface area contributed by atoms with Gasteiger partial charge in [-0.05, 0) is 13.3 Å². The van der Waals surface area contributed by atoms with Gasteiger partial charge in [-0.2, -0.15) is 5.10 Å². The van der Waals surface area contributed by atoms with Gasteiger partial charge in [0.25, 0.3) is 0 Å². The normalized spacial score (nSPS) is 17.9. The lowest BCUT2D eigenvalue weighted by Crippen LogP contribution is -2.14. The SMILES string of the molecule is CCOC(=O)CCC(=O)Nc1cnn([C@@H]2CCOC2)c1. The van der Waals surface area contributed by atoms with Crippen molar-refractivity contribution in [3.05, 3.63) is 12.4 Å². The van der Waals surface area contributed by atoms with Crippen LogP contribution in [0, 0.1) is 0 Å². The van der Waals surface area contributed by atoms with Gasteiger partial charge in [0.2, 0.25) is 5.91 Å². The molecule has 2 heterocycles. The zero-order chi connectivity index (χ0) is 14.4. The topological polar surface area (TPSA) is 82.5 Å². The summed E-state index contributed by atoms with van der Waals surface area (Å²) in [4.78, 5) is 22.8. The van der Waals surface area contributed by atoms with Crippen molar-refractivity contribution in [2.45, 2.75) is 32.2 Å². The lowest BCUT2D eigenvalue weighted by atomic mass is 10.3. The number of nitrogens with zero attached hydrogens (tertiary/aromatic N) is 2. The quantitative estimate of drug-likeness (QED) is 0.790. The Morgan fingerprint density at radius 1 is 1.55 bits per heavy atom. The van der Waals surface area contributed by atoms with E-state index in [-0.39, 0.29) is 30.8 Å². The van der Waals surface area contributed by atoms with Crippen LogP contribution >= 0.6 is 0 Å². The summed E-state index contributed by atoms with van der Waals surface area (Å²) in [5, 5.41) is 6.92. The number of hydrogen-bond donors (Lipinski definition) is 1. The van der Waals surface area contributed by atoms with E-state index >= 15 is 0 Å². The van der Waals surface area contributed by atoms with Crippen LogP contribution in [0.4, 0.5) is 5.69 Å². The van der Waals surface area contributed by atoms with Gasteiger partial charge in [0, 0.05) is 19.2 Å². The fourth-order valence-corrected chi connectivity index (χ4v) is 2.01. The second kappa shape index (κ2) is 7.04. The summed E-state index contributed by atoms with van der Waals surface area (Å²) in [6.45, 7) is 3.46. The zero-order valence-corrected chi connectivity index (χ0v) is 11.5. The highest BCUT2D eigenvalue weighted by Crippen LogP contribution is 2.19. The van der Waals surface area contributed by atoms with Crippen LogP contribution < -0.4 is 5.32 Å². The fourth-order valence-electron chi connectivity index (χ4n) is 2.01. The van der Waals surface area contributed by atoms with Gasteiger partial charge in [0.1, 0.15) is 0 Å². The third-order valence-electron chi connectivity index (χ3n) is 3.03. The molecule has 0 radical (unpaired) electrons. The van der Waals surface area contributed by atoms with Gasteiger partial charge in [0.15, 0.2) is 0 Å². The molecule has 110 valence electrons. The molecule has 2 rings (SSSR count). The summed E-state index contributed by atoms with van der Waals surface area (Å²) in [6.07, 6.45) is 4.50. The predicted molar refractivity (Wildman–Crippen MR) is 71.2 cm³/mol. The maximum Gasteiger partial charge on any atom is 0.306 e. The summed E-state index contributed by atoms with van der Waals surface area (Å²) in [7, 11) is 0. The number of anilines is 1. The number of amides is 1. The predicted octanol–water partition coefficient (Wildman–Crippen LogP) is 1.13. The Kier molecular flexibility index (Phi) is 5.11. The van der Waals surface area contributed by atoms with Crippen molar-refractivity contribution in [3.63, 3.8) is 0 Å². The van der Waals surface area contributed by atoms with E-state index in [9.17, 15) is 9.59 Å². The highest BCUT2D eigenvalue weighted by molar-refractivity contribution is 5.92. The molecular weight excluding hydrogens is 262 g/mol. The van der Waals surface area contributed by atoms with Crippen molar-refractivity contribution in [1.29, 1.82) is 0 Å². The molecule has 0 aliphatic carbocycles. The third kappa shape index (κ3) is 4.06. The number of ether oxygens (including phenoxy) is 2. The Balaban J connectivity index is 1.78. The van der Waals surface area contributed by atoms with Crippen LogP contribution in [-0.2, 0) is 19.1 Å². The Morgan fingerprint density at radius 2 is 2.40 bits per heavy atom. The molecule has 1 amide bonds. The minimum atomic E-state index is -0.360. The van der Waals surface area contributed by atoms with E-state index < -0.39 is 0 Å². The molecular formula is C13H19N3O4. The summed E-state index contributed by atoms with van der Waals surface area (Å²) >= 11 is 0. The number of carbonyl (C=O) groups is 2. The second-order valence-electron chi connectivity index (χ2n) is 4.58. The second-order valence-corrected chi connectivity index (χ2v) is 4.58. The highest BCUT2D eigenvalue weighted by Gasteiger charge is 2.18. The van der Waals surface area contributed by atoms with Gasteiger partial charge in [-0.3, -0.25) is 14.3 Å². The molecule has 1 saturated heterocycles. The minimum Gasteiger partial charge on any atom is -0.466 e. The minimum absolute atomic E-state index is 0.0876. The van der Waals surface area contributed by atoms with Gasteiger partial charge >= 0.3 is 5.97 Å². The van der Waals surface area contributed by atoms with E-state index in [2.05, 4.69) is 10.4 Å². The van der Waals surface area contributed by atoms with Gasteiger partial charge in [0.05, 0.1) is 37.6 Å². The van der Waals surface area contributed by atoms with Crippen molar-refractivity contribution in [2.24, 2.45) is 0 Å². The summed E-state index contributed by atoms with van der Waals surface area (Å²) in [5.41, 5.74) is 0.630. The molecule has 1 aliphatic heterocycles. The molecule has 1 aromatic heterocycles. The van der Waals surface area contributed by atoms with Crippen LogP contribution in [-0.4, -0.2) is 41.5 Å². The largest absolute Gasteiger partial charge is 0.466 e. The first kappa shape index (κ1) is 14.5. The molecule has 1 aliphatic rings. The Hall–Kier alpha value is -1.89. The van der Waals surface area contributed by atoms with Gasteiger partial charge in [-0.1, -0.05) is 0 Å². The first-order chi connectivity index (χ1) is 9.69. The lowest BCUT2D eigenvalue weighted by Gasteiger charge is -2.07. The smallest absolute Gasteiger partial charge is 0.306 e. The summed E-state index contributed by atoms with van der Waals surface area (Å²) in [5.74, 6) is -0.582. The van der Waals surface area contributed by atoms with E-state index in [1.54, 1.807) is 24.0 Å². The Labute approximate surface area is 117 Å². The summed E-state index contributed by atoms with van der Waals surface area (Å²) < 4.78 is 11.9. The maximum atomic E-state index is 11.7. The molecule has 7 nitrogen and oxygen atoms in total. The van der Waals surface area contributed by atoms with Crippen LogP contribution in [0.3, 0.4) is 0 Å². The number of hydrogen-bond acceptors (Lipinski definition) is 5. The van der Waals surface area contributed by atoms with Crippen molar-refractivity contribution in [2.75, 3.05) is 25.1 Å². The fraction of sp³-hybridized carbons (Fsp3) is 0.615. The molecule has 0 saturated carbocycles. The van der Waals surface area contributed by atoms with E-state index in [1.165, 1.54) is 0 Å². The van der Waals surface area contributed by atoms with Crippen LogP contribution in [0.5, 0.6) is 0 Å². The number of aromatic nitrogens is 2. The first-order valence-corrected chi connectivity index (χ1v) is 6.76. The van der Waals surface area contributed by atoms with Gasteiger partial charge in [-0.15, -0.1) is 0 Å². The standard InChI is InChI=1S/C13H19N3O4/c1-2-20-13(18)4-3-12(17)15-10-7-14-16(8-10)11-5-6-19-9-11/h7-8,11H,2-6,9H2,1H3,(H,15,17)/t11-/m1/s1. The van der Waals surface area contributed by atoms with Crippen molar-refractivity contribution >= 4 is 17.6 Å². The maximum absolute atomic E-state index is 11.7. The Bertz CT molecular complexity index is 466. The molecule has 7 heteroatoms. The molecule has 1 fully saturated rings. The Morgan fingerprint density at radius 3 is 3.10 bits per heavy atom. The molecule has 1 aromatic rings. The van der Waals surface area contributed by atoms with Crippen LogP contribution in [0.2, 0.25) is 0 Å². The average Bonchev–Trinajstić information content (AvgIpc) is 3.07. The highest BCUT2D eigenvalue weighted by atomic mass is 16.5. The number of carbonyl (C=O) groups excluding carboxylic acids is 2. The van der Waals surface area contributed by atoms with Crippen LogP contribution in [0.15, 0.2) is 12.4 Å². The van der Waals surface area contributed by atoms with E-state index in [1.807, 2.05) is 0 Å². The molecule has 20 heavy (non-hydrogen) atoms. The molecule has 0 unspecified atom stereocenters. The monoisotopic (exact) mass is 281 g/mol. The van der Waals surface area contributed by atoms with E-state index in [4.69, 9.17) is 9.47 Å². The van der Waals surface area contributed by atoms with E-state index in [0.717, 1.165) is 13.0 Å². The lowest BCUT2D eigenvalue weighted by molar-refractivity contribution is -0.144. The van der Waals surface area contributed by atoms with Crippen LogP contribution in [0.25, 0.3) is 0 Å². The molecule has 0 spiro atoms. The molecule has 0 bridgehead atoms. The molecule has 1 N–H and O–H groups in total. The number of rotatable bonds is 6. The van der Waals surface area contributed by atoms with Crippen molar-refractivity contribution in [3.8, 4) is 0 Å². The van der Waals surface area contributed by atoms with Gasteiger partial charge < -0.3 is 14.8 Å². The average molecular weight is 281 g/mol. The third-order valence-corrected chi connectivity index (χ3v) is 3.03. The van der Waals surface area contributed by atoms with E-state index in [0.29, 0.717) is 18.9 Å². The molecule has 0 aromatic carbocycles.